The number of ether oxygens (including phenoxy) is 2. The molecule has 11 heteroatoms. The summed E-state index contributed by atoms with van der Waals surface area (Å²) in [4.78, 5) is 43.1. The van der Waals surface area contributed by atoms with Crippen LogP contribution in [0.5, 0.6) is 0 Å². The van der Waals surface area contributed by atoms with E-state index in [1.54, 1.807) is 27.7 Å². The van der Waals surface area contributed by atoms with Crippen molar-refractivity contribution in [3.8, 4) is 0 Å². The third-order valence-electron chi connectivity index (χ3n) is 4.18. The Labute approximate surface area is 217 Å². The lowest BCUT2D eigenvalue weighted by Crippen LogP contribution is -2.24. The van der Waals surface area contributed by atoms with Crippen molar-refractivity contribution in [2.75, 3.05) is 38.8 Å². The van der Waals surface area contributed by atoms with Crippen LogP contribution in [-0.2, 0) is 28.7 Å². The fraction of sp³-hybridized carbons (Fsp3) is 0.667. The lowest BCUT2D eigenvalue weighted by Gasteiger charge is -2.02. The zero-order chi connectivity index (χ0) is 26.6. The number of rotatable bonds is 20. The topological polar surface area (TPSA) is 145 Å². The van der Waals surface area contributed by atoms with Gasteiger partial charge in [0.25, 0.3) is 0 Å². The lowest BCUT2D eigenvalue weighted by molar-refractivity contribution is -0.141. The molecule has 202 valence electrons. The predicted octanol–water partition coefficient (Wildman–Crippen LogP) is 3.87. The van der Waals surface area contributed by atoms with Crippen LogP contribution >= 0.6 is 21.6 Å². The Balaban J connectivity index is 0. The Morgan fingerprint density at radius 1 is 0.800 bits per heavy atom. The minimum atomic E-state index is -0.823. The molecule has 0 aliphatic rings. The molecule has 1 amide bonds. The maximum absolute atomic E-state index is 11.5. The molecular weight excluding hydrogens is 492 g/mol. The van der Waals surface area contributed by atoms with Gasteiger partial charge in [-0.05, 0) is 38.5 Å². The molecule has 0 radical (unpaired) electrons. The van der Waals surface area contributed by atoms with E-state index in [-0.39, 0.29) is 24.3 Å². The van der Waals surface area contributed by atoms with E-state index in [9.17, 15) is 19.2 Å². The summed E-state index contributed by atoms with van der Waals surface area (Å²) < 4.78 is 9.03. The molecule has 0 unspecified atom stereocenters. The number of carbonyl (C=O) groups excluding carboxylic acids is 3. The number of amides is 1. The van der Waals surface area contributed by atoms with E-state index in [1.807, 2.05) is 18.2 Å². The van der Waals surface area contributed by atoms with Crippen molar-refractivity contribution in [3.05, 3.63) is 24.3 Å². The number of nitrogens with two attached hydrogens (primary N) is 1. The Kier molecular flexibility index (Phi) is 28.4. The van der Waals surface area contributed by atoms with Crippen LogP contribution in [0.2, 0.25) is 0 Å². The number of hydrogen-bond donors (Lipinski definition) is 3. The van der Waals surface area contributed by atoms with Gasteiger partial charge < -0.3 is 25.6 Å². The Hall–Kier alpha value is -1.98. The van der Waals surface area contributed by atoms with E-state index in [0.29, 0.717) is 32.4 Å². The molecule has 9 nitrogen and oxygen atoms in total. The summed E-state index contributed by atoms with van der Waals surface area (Å²) >= 11 is 0. The molecule has 0 fully saturated rings. The smallest absolute Gasteiger partial charge is 0.307 e. The van der Waals surface area contributed by atoms with E-state index in [4.69, 9.17) is 10.8 Å². The number of hydrogen-bond acceptors (Lipinski definition) is 9. The highest BCUT2D eigenvalue weighted by molar-refractivity contribution is 8.76. The van der Waals surface area contributed by atoms with Crippen LogP contribution in [0.4, 0.5) is 0 Å². The third-order valence-corrected chi connectivity index (χ3v) is 6.62. The molecule has 0 rings (SSSR count). The molecule has 0 saturated carbocycles. The number of carboxylic acid groups (broad SMARTS) is 1. The summed E-state index contributed by atoms with van der Waals surface area (Å²) in [6.45, 7) is 1.38. The van der Waals surface area contributed by atoms with Crippen LogP contribution in [0.25, 0.3) is 0 Å². The molecule has 35 heavy (non-hydrogen) atoms. The largest absolute Gasteiger partial charge is 0.481 e. The summed E-state index contributed by atoms with van der Waals surface area (Å²) in [6, 6.07) is 0. The Bertz CT molecular complexity index is 629. The number of unbranched alkanes of at least 4 members (excludes halogenated alkanes) is 4. The normalized spacial score (nSPS) is 10.6. The van der Waals surface area contributed by atoms with Gasteiger partial charge >= 0.3 is 17.9 Å². The molecule has 0 aromatic carbocycles. The first kappa shape index (κ1) is 35.2. The number of aliphatic carboxylic acids is 1. The first-order valence-corrected chi connectivity index (χ1v) is 14.2. The van der Waals surface area contributed by atoms with Crippen LogP contribution in [0.3, 0.4) is 0 Å². The van der Waals surface area contributed by atoms with Crippen LogP contribution < -0.4 is 11.1 Å². The van der Waals surface area contributed by atoms with Gasteiger partial charge in [0.05, 0.1) is 20.6 Å². The first-order chi connectivity index (χ1) is 16.9. The highest BCUT2D eigenvalue weighted by Crippen LogP contribution is 2.18. The monoisotopic (exact) mass is 534 g/mol. The van der Waals surface area contributed by atoms with Crippen molar-refractivity contribution < 1.29 is 33.8 Å². The van der Waals surface area contributed by atoms with Crippen molar-refractivity contribution in [3.63, 3.8) is 0 Å². The van der Waals surface area contributed by atoms with Gasteiger partial charge in [-0.2, -0.15) is 0 Å². The van der Waals surface area contributed by atoms with Crippen LogP contribution in [0.15, 0.2) is 24.3 Å². The van der Waals surface area contributed by atoms with Gasteiger partial charge in [0.2, 0.25) is 5.91 Å². The molecule has 0 spiro atoms. The zero-order valence-electron chi connectivity index (χ0n) is 21.0. The zero-order valence-corrected chi connectivity index (χ0v) is 22.6. The fourth-order valence-corrected chi connectivity index (χ4v) is 4.11. The van der Waals surface area contributed by atoms with Gasteiger partial charge in [-0.3, -0.25) is 19.2 Å². The molecular formula is C24H42N2O7S2. The Morgan fingerprint density at radius 3 is 1.80 bits per heavy atom. The van der Waals surface area contributed by atoms with Gasteiger partial charge in [-0.1, -0.05) is 45.9 Å². The van der Waals surface area contributed by atoms with Gasteiger partial charge in [0.15, 0.2) is 0 Å². The van der Waals surface area contributed by atoms with Crippen LogP contribution in [-0.4, -0.2) is 67.7 Å². The van der Waals surface area contributed by atoms with E-state index in [2.05, 4.69) is 14.8 Å². The maximum atomic E-state index is 11.5. The number of carbonyl (C=O) groups is 4. The summed E-state index contributed by atoms with van der Waals surface area (Å²) in [6.07, 6.45) is 13.8. The van der Waals surface area contributed by atoms with E-state index >= 15 is 0 Å². The van der Waals surface area contributed by atoms with Crippen molar-refractivity contribution in [2.45, 2.75) is 64.2 Å². The SMILES string of the molecule is COC(=O)CCCCC=CCC(=O)NCCSSCCN.COC(=O)CCCCC=CCC(=O)O. The van der Waals surface area contributed by atoms with Gasteiger partial charge in [-0.25, -0.2) is 0 Å². The first-order valence-electron chi connectivity index (χ1n) is 11.7. The van der Waals surface area contributed by atoms with Gasteiger partial charge in [0, 0.05) is 43.9 Å². The molecule has 0 atom stereocenters. The molecule has 0 aliphatic heterocycles. The highest BCUT2D eigenvalue weighted by Gasteiger charge is 1.99. The maximum Gasteiger partial charge on any atom is 0.307 e. The van der Waals surface area contributed by atoms with Crippen LogP contribution in [0, 0.1) is 0 Å². The number of nitrogens with one attached hydrogen (secondary N) is 1. The standard InChI is InChI=1S/C14H26N2O3S2.C10H16O4/c1-19-14(18)8-6-4-2-3-5-7-13(17)16-10-12-21-20-11-9-15;1-14-10(13)8-6-4-2-3-5-7-9(11)12/h3,5H,2,4,6-12,15H2,1H3,(H,16,17);3,5H,2,4,6-8H2,1H3,(H,11,12). The second-order valence-corrected chi connectivity index (χ2v) is 9.87. The lowest BCUT2D eigenvalue weighted by atomic mass is 10.2. The fourth-order valence-electron chi connectivity index (χ4n) is 2.35. The molecule has 0 aromatic rings. The van der Waals surface area contributed by atoms with Crippen molar-refractivity contribution in [1.82, 2.24) is 5.32 Å². The number of esters is 2. The molecule has 0 aromatic heterocycles. The van der Waals surface area contributed by atoms with Crippen LogP contribution in [0.1, 0.15) is 64.2 Å². The number of allylic oxidation sites excluding steroid dienone is 2. The van der Waals surface area contributed by atoms with E-state index in [0.717, 1.165) is 50.0 Å². The second-order valence-electron chi connectivity index (χ2n) is 7.17. The molecule has 0 heterocycles. The number of carboxylic acids is 1. The summed E-state index contributed by atoms with van der Waals surface area (Å²) in [5, 5.41) is 11.2. The summed E-state index contributed by atoms with van der Waals surface area (Å²) in [5.41, 5.74) is 5.38. The molecule has 0 bridgehead atoms. The predicted molar refractivity (Wildman–Crippen MR) is 143 cm³/mol. The number of methoxy groups -OCH3 is 2. The highest BCUT2D eigenvalue weighted by atomic mass is 33.1. The third kappa shape index (κ3) is 32.0. The summed E-state index contributed by atoms with van der Waals surface area (Å²) in [7, 11) is 6.23. The minimum absolute atomic E-state index is 0.0465. The molecule has 0 aliphatic carbocycles. The molecule has 0 saturated heterocycles. The average Bonchev–Trinajstić information content (AvgIpc) is 2.84. The van der Waals surface area contributed by atoms with Crippen molar-refractivity contribution >= 4 is 45.4 Å². The van der Waals surface area contributed by atoms with Crippen molar-refractivity contribution in [1.29, 1.82) is 0 Å². The second kappa shape index (κ2) is 28.3. The van der Waals surface area contributed by atoms with Gasteiger partial charge in [-0.15, -0.1) is 0 Å². The average molecular weight is 535 g/mol. The van der Waals surface area contributed by atoms with Gasteiger partial charge in [0.1, 0.15) is 0 Å². The quantitative estimate of drug-likeness (QED) is 0.0910. The molecule has 4 N–H and O–H groups in total. The minimum Gasteiger partial charge on any atom is -0.481 e. The summed E-state index contributed by atoms with van der Waals surface area (Å²) in [5.74, 6) is 0.701. The Morgan fingerprint density at radius 2 is 1.31 bits per heavy atom. The van der Waals surface area contributed by atoms with E-state index < -0.39 is 5.97 Å². The van der Waals surface area contributed by atoms with E-state index in [1.165, 1.54) is 14.2 Å². The van der Waals surface area contributed by atoms with Crippen molar-refractivity contribution in [2.24, 2.45) is 5.73 Å².